The Labute approximate surface area is 166 Å². The minimum atomic E-state index is -0.434. The number of nitrogens with one attached hydrogen (secondary N) is 1. The van der Waals surface area contributed by atoms with E-state index in [2.05, 4.69) is 10.3 Å². The fraction of sp³-hybridized carbons (Fsp3) is 0.250. The van der Waals surface area contributed by atoms with Crippen molar-refractivity contribution in [3.05, 3.63) is 63.4 Å². The van der Waals surface area contributed by atoms with Crippen molar-refractivity contribution in [1.82, 2.24) is 9.55 Å². The maximum Gasteiger partial charge on any atom is 0.262 e. The summed E-state index contributed by atoms with van der Waals surface area (Å²) in [7, 11) is 0. The molecule has 27 heavy (non-hydrogen) atoms. The Morgan fingerprint density at radius 1 is 1.30 bits per heavy atom. The molecule has 0 aliphatic carbocycles. The second-order valence-electron chi connectivity index (χ2n) is 6.17. The lowest BCUT2D eigenvalue weighted by molar-refractivity contribution is -0.115. The SMILES string of the molecule is CCn1c(SC(C)C(=O)Nc2ccc(C)c(Cl)c2)nc2ccccc2c1=O. The van der Waals surface area contributed by atoms with Gasteiger partial charge in [-0.15, -0.1) is 0 Å². The van der Waals surface area contributed by atoms with E-state index in [-0.39, 0.29) is 11.5 Å². The number of aryl methyl sites for hydroxylation is 1. The highest BCUT2D eigenvalue weighted by atomic mass is 35.5. The molecule has 1 N–H and O–H groups in total. The van der Waals surface area contributed by atoms with Gasteiger partial charge in [0.1, 0.15) is 0 Å². The average Bonchev–Trinajstić information content (AvgIpc) is 2.65. The molecule has 2 aromatic carbocycles. The van der Waals surface area contributed by atoms with E-state index >= 15 is 0 Å². The van der Waals surface area contributed by atoms with Crippen molar-refractivity contribution in [3.63, 3.8) is 0 Å². The highest BCUT2D eigenvalue weighted by molar-refractivity contribution is 8.00. The van der Waals surface area contributed by atoms with Gasteiger partial charge >= 0.3 is 0 Å². The van der Waals surface area contributed by atoms with Crippen LogP contribution in [0.3, 0.4) is 0 Å². The topological polar surface area (TPSA) is 64.0 Å². The first-order valence-electron chi connectivity index (χ1n) is 8.64. The number of aromatic nitrogens is 2. The lowest BCUT2D eigenvalue weighted by atomic mass is 10.2. The molecule has 0 fully saturated rings. The van der Waals surface area contributed by atoms with Gasteiger partial charge in [-0.05, 0) is 50.6 Å². The summed E-state index contributed by atoms with van der Waals surface area (Å²) in [6.45, 7) is 6.07. The summed E-state index contributed by atoms with van der Waals surface area (Å²) in [5.74, 6) is -0.176. The normalized spacial score (nSPS) is 12.1. The molecule has 0 saturated carbocycles. The Kier molecular flexibility index (Phi) is 5.87. The number of benzene rings is 2. The number of para-hydroxylation sites is 1. The van der Waals surface area contributed by atoms with Crippen LogP contribution in [0.4, 0.5) is 5.69 Å². The van der Waals surface area contributed by atoms with E-state index in [1.807, 2.05) is 38.1 Å². The molecule has 1 atom stereocenters. The van der Waals surface area contributed by atoms with Gasteiger partial charge in [0.05, 0.1) is 16.2 Å². The van der Waals surface area contributed by atoms with Gasteiger partial charge < -0.3 is 5.32 Å². The molecule has 0 aliphatic heterocycles. The Hall–Kier alpha value is -2.31. The molecule has 0 spiro atoms. The zero-order valence-corrected chi connectivity index (χ0v) is 16.9. The first-order valence-corrected chi connectivity index (χ1v) is 9.89. The van der Waals surface area contributed by atoms with Gasteiger partial charge in [0, 0.05) is 17.3 Å². The highest BCUT2D eigenvalue weighted by Gasteiger charge is 2.19. The second kappa shape index (κ2) is 8.15. The van der Waals surface area contributed by atoms with E-state index in [9.17, 15) is 9.59 Å². The van der Waals surface area contributed by atoms with Gasteiger partial charge in [-0.1, -0.05) is 41.6 Å². The monoisotopic (exact) mass is 401 g/mol. The molecule has 3 aromatic rings. The summed E-state index contributed by atoms with van der Waals surface area (Å²) in [5, 5.41) is 4.14. The molecule has 5 nitrogen and oxygen atoms in total. The van der Waals surface area contributed by atoms with Crippen molar-refractivity contribution in [2.24, 2.45) is 0 Å². The van der Waals surface area contributed by atoms with Crippen LogP contribution < -0.4 is 10.9 Å². The molecule has 1 heterocycles. The van der Waals surface area contributed by atoms with Crippen LogP contribution in [0.1, 0.15) is 19.4 Å². The fourth-order valence-electron chi connectivity index (χ4n) is 2.64. The summed E-state index contributed by atoms with van der Waals surface area (Å²) in [6, 6.07) is 12.6. The van der Waals surface area contributed by atoms with E-state index in [0.29, 0.717) is 33.3 Å². The molecule has 0 bridgehead atoms. The standard InChI is InChI=1S/C20H20ClN3O2S/c1-4-24-19(26)15-7-5-6-8-17(15)23-20(24)27-13(3)18(25)22-14-10-9-12(2)16(21)11-14/h5-11,13H,4H2,1-3H3,(H,22,25). The third-order valence-corrected chi connectivity index (χ3v) is 5.73. The van der Waals surface area contributed by atoms with Crippen LogP contribution in [0.5, 0.6) is 0 Å². The maximum atomic E-state index is 12.7. The highest BCUT2D eigenvalue weighted by Crippen LogP contribution is 2.25. The van der Waals surface area contributed by atoms with Crippen molar-refractivity contribution in [2.75, 3.05) is 5.32 Å². The van der Waals surface area contributed by atoms with Crippen LogP contribution in [0.25, 0.3) is 10.9 Å². The molecule has 1 aromatic heterocycles. The molecule has 0 radical (unpaired) electrons. The first kappa shape index (κ1) is 19.5. The van der Waals surface area contributed by atoms with Crippen LogP contribution >= 0.6 is 23.4 Å². The number of hydrogen-bond donors (Lipinski definition) is 1. The number of thioether (sulfide) groups is 1. The Balaban J connectivity index is 1.84. The van der Waals surface area contributed by atoms with Gasteiger partial charge in [0.25, 0.3) is 5.56 Å². The Morgan fingerprint density at radius 2 is 2.04 bits per heavy atom. The predicted molar refractivity (Wildman–Crippen MR) is 112 cm³/mol. The zero-order chi connectivity index (χ0) is 19.6. The number of carbonyl (C=O) groups is 1. The van der Waals surface area contributed by atoms with Crippen molar-refractivity contribution in [2.45, 2.75) is 37.7 Å². The Morgan fingerprint density at radius 3 is 2.74 bits per heavy atom. The lowest BCUT2D eigenvalue weighted by Gasteiger charge is -2.15. The third kappa shape index (κ3) is 4.17. The molecule has 1 amide bonds. The predicted octanol–water partition coefficient (Wildman–Crippen LogP) is 4.50. The van der Waals surface area contributed by atoms with Crippen molar-refractivity contribution in [3.8, 4) is 0 Å². The summed E-state index contributed by atoms with van der Waals surface area (Å²) in [6.07, 6.45) is 0. The Bertz CT molecular complexity index is 1060. The molecule has 1 unspecified atom stereocenters. The van der Waals surface area contributed by atoms with Crippen LogP contribution in [-0.4, -0.2) is 20.7 Å². The van der Waals surface area contributed by atoms with Crippen LogP contribution in [0.15, 0.2) is 52.4 Å². The maximum absolute atomic E-state index is 12.7. The van der Waals surface area contributed by atoms with Crippen LogP contribution in [0, 0.1) is 6.92 Å². The van der Waals surface area contributed by atoms with Crippen LogP contribution in [0.2, 0.25) is 5.02 Å². The number of anilines is 1. The number of carbonyl (C=O) groups excluding carboxylic acids is 1. The van der Waals surface area contributed by atoms with Crippen molar-refractivity contribution in [1.29, 1.82) is 0 Å². The number of halogens is 1. The number of nitrogens with zero attached hydrogens (tertiary/aromatic N) is 2. The van der Waals surface area contributed by atoms with Gasteiger partial charge in [-0.3, -0.25) is 14.2 Å². The number of hydrogen-bond acceptors (Lipinski definition) is 4. The van der Waals surface area contributed by atoms with Crippen LogP contribution in [-0.2, 0) is 11.3 Å². The smallest absolute Gasteiger partial charge is 0.262 e. The first-order chi connectivity index (χ1) is 12.9. The molecule has 0 aliphatic rings. The molecular formula is C20H20ClN3O2S. The van der Waals surface area contributed by atoms with E-state index in [1.165, 1.54) is 11.8 Å². The molecular weight excluding hydrogens is 382 g/mol. The van der Waals surface area contributed by atoms with Gasteiger partial charge in [0.15, 0.2) is 5.16 Å². The number of amides is 1. The van der Waals surface area contributed by atoms with E-state index in [0.717, 1.165) is 5.56 Å². The summed E-state index contributed by atoms with van der Waals surface area (Å²) in [5.41, 5.74) is 2.13. The largest absolute Gasteiger partial charge is 0.325 e. The quantitative estimate of drug-likeness (QED) is 0.505. The fourth-order valence-corrected chi connectivity index (χ4v) is 3.80. The lowest BCUT2D eigenvalue weighted by Crippen LogP contribution is -2.26. The van der Waals surface area contributed by atoms with Gasteiger partial charge in [-0.25, -0.2) is 4.98 Å². The molecule has 0 saturated heterocycles. The van der Waals surface area contributed by atoms with E-state index < -0.39 is 5.25 Å². The third-order valence-electron chi connectivity index (χ3n) is 4.23. The van der Waals surface area contributed by atoms with Crippen molar-refractivity contribution >= 4 is 45.9 Å². The van der Waals surface area contributed by atoms with E-state index in [1.54, 1.807) is 29.7 Å². The molecule has 7 heteroatoms. The van der Waals surface area contributed by atoms with E-state index in [4.69, 9.17) is 11.6 Å². The minimum absolute atomic E-state index is 0.0940. The summed E-state index contributed by atoms with van der Waals surface area (Å²) < 4.78 is 1.60. The van der Waals surface area contributed by atoms with Gasteiger partial charge in [-0.2, -0.15) is 0 Å². The number of rotatable bonds is 5. The second-order valence-corrected chi connectivity index (χ2v) is 7.89. The molecule has 3 rings (SSSR count). The molecule has 140 valence electrons. The zero-order valence-electron chi connectivity index (χ0n) is 15.3. The van der Waals surface area contributed by atoms with Crippen molar-refractivity contribution < 1.29 is 4.79 Å². The van der Waals surface area contributed by atoms with Gasteiger partial charge in [0.2, 0.25) is 5.91 Å². The summed E-state index contributed by atoms with van der Waals surface area (Å²) in [4.78, 5) is 29.8. The number of fused-ring (bicyclic) bond motifs is 1. The summed E-state index contributed by atoms with van der Waals surface area (Å²) >= 11 is 7.38. The minimum Gasteiger partial charge on any atom is -0.325 e. The average molecular weight is 402 g/mol.